The molecule has 0 radical (unpaired) electrons. The summed E-state index contributed by atoms with van der Waals surface area (Å²) in [7, 11) is 0. The van der Waals surface area contributed by atoms with E-state index in [0.717, 1.165) is 10.5 Å². The monoisotopic (exact) mass is 467 g/mol. The number of halogens is 2. The van der Waals surface area contributed by atoms with E-state index < -0.39 is 30.1 Å². The summed E-state index contributed by atoms with van der Waals surface area (Å²) in [5.41, 5.74) is 0.238. The minimum atomic E-state index is -3.01. The van der Waals surface area contributed by atoms with Gasteiger partial charge in [-0.1, -0.05) is 30.3 Å². The highest BCUT2D eigenvalue weighted by atomic mass is 19.3. The molecule has 2 amide bonds. The number of benzene rings is 1. The van der Waals surface area contributed by atoms with Crippen LogP contribution in [0.5, 0.6) is 0 Å². The van der Waals surface area contributed by atoms with Crippen molar-refractivity contribution in [2.45, 2.75) is 58.3 Å². The molecule has 2 fully saturated rings. The summed E-state index contributed by atoms with van der Waals surface area (Å²) < 4.78 is 40.6. The molecule has 2 atom stereocenters. The maximum absolute atomic E-state index is 15.0. The van der Waals surface area contributed by atoms with Crippen LogP contribution >= 0.6 is 0 Å². The molecule has 1 aromatic rings. The van der Waals surface area contributed by atoms with Gasteiger partial charge in [0.25, 0.3) is 5.92 Å². The third-order valence-electron chi connectivity index (χ3n) is 6.08. The van der Waals surface area contributed by atoms with Gasteiger partial charge in [-0.2, -0.15) is 0 Å². The van der Waals surface area contributed by atoms with Gasteiger partial charge in [-0.3, -0.25) is 4.90 Å². The first-order valence-electron chi connectivity index (χ1n) is 11.5. The lowest BCUT2D eigenvalue weighted by molar-refractivity contribution is -0.118. The molecule has 2 aliphatic heterocycles. The molecule has 184 valence electrons. The Labute approximate surface area is 194 Å². The zero-order chi connectivity index (χ0) is 24.2. The third kappa shape index (κ3) is 7.03. The number of piperazine rings is 1. The summed E-state index contributed by atoms with van der Waals surface area (Å²) in [4.78, 5) is 29.4. The highest BCUT2D eigenvalue weighted by molar-refractivity contribution is 5.68. The fourth-order valence-electron chi connectivity index (χ4n) is 4.22. The first kappa shape index (κ1) is 25.2. The van der Waals surface area contributed by atoms with E-state index in [9.17, 15) is 18.4 Å². The van der Waals surface area contributed by atoms with Crippen LogP contribution in [-0.4, -0.2) is 83.7 Å². The van der Waals surface area contributed by atoms with E-state index in [2.05, 4.69) is 0 Å². The van der Waals surface area contributed by atoms with E-state index in [4.69, 9.17) is 9.47 Å². The van der Waals surface area contributed by atoms with Crippen LogP contribution in [0.4, 0.5) is 18.4 Å². The normalized spacial score (nSPS) is 23.8. The Hall–Kier alpha value is -2.42. The highest BCUT2D eigenvalue weighted by Gasteiger charge is 2.47. The van der Waals surface area contributed by atoms with E-state index in [1.165, 1.54) is 0 Å². The molecule has 33 heavy (non-hydrogen) atoms. The van der Waals surface area contributed by atoms with Crippen molar-refractivity contribution in [3.05, 3.63) is 35.9 Å². The molecule has 2 saturated heterocycles. The summed E-state index contributed by atoms with van der Waals surface area (Å²) in [6, 6.07) is 9.09. The van der Waals surface area contributed by atoms with E-state index in [-0.39, 0.29) is 38.3 Å². The van der Waals surface area contributed by atoms with Crippen molar-refractivity contribution in [2.75, 3.05) is 39.3 Å². The number of carbonyl (C=O) groups is 2. The predicted octanol–water partition coefficient (Wildman–Crippen LogP) is 4.22. The lowest BCUT2D eigenvalue weighted by Gasteiger charge is -2.44. The number of likely N-dealkylation sites (tertiary alicyclic amines) is 1. The Morgan fingerprint density at radius 2 is 1.76 bits per heavy atom. The Morgan fingerprint density at radius 3 is 2.36 bits per heavy atom. The van der Waals surface area contributed by atoms with Gasteiger partial charge in [-0.05, 0) is 39.7 Å². The predicted molar refractivity (Wildman–Crippen MR) is 120 cm³/mol. The largest absolute Gasteiger partial charge is 0.445 e. The molecule has 1 unspecified atom stereocenters. The quantitative estimate of drug-likeness (QED) is 0.664. The summed E-state index contributed by atoms with van der Waals surface area (Å²) in [6.45, 7) is 8.65. The van der Waals surface area contributed by atoms with E-state index >= 15 is 0 Å². The lowest BCUT2D eigenvalue weighted by Crippen LogP contribution is -2.58. The summed E-state index contributed by atoms with van der Waals surface area (Å²) >= 11 is 0. The fourth-order valence-corrected chi connectivity index (χ4v) is 4.22. The molecule has 2 aliphatic rings. The average Bonchev–Trinajstić information content (AvgIpc) is 2.73. The van der Waals surface area contributed by atoms with E-state index in [1.54, 1.807) is 4.90 Å². The first-order valence-corrected chi connectivity index (χ1v) is 11.5. The summed E-state index contributed by atoms with van der Waals surface area (Å²) in [5, 5.41) is 0. The Kier molecular flexibility index (Phi) is 7.82. The number of piperidine rings is 1. The number of rotatable bonds is 4. The van der Waals surface area contributed by atoms with Gasteiger partial charge >= 0.3 is 12.2 Å². The Balaban J connectivity index is 1.48. The SMILES string of the molecule is C[C@H]1CN(C(=O)OC(C)(C)C)CCN1CC1CCN(C(=O)OCc2ccccc2)CC1(F)F. The zero-order valence-corrected chi connectivity index (χ0v) is 19.9. The van der Waals surface area contributed by atoms with Gasteiger partial charge in [0.2, 0.25) is 0 Å². The number of nitrogens with zero attached hydrogens (tertiary/aromatic N) is 3. The van der Waals surface area contributed by atoms with Gasteiger partial charge < -0.3 is 19.3 Å². The highest BCUT2D eigenvalue weighted by Crippen LogP contribution is 2.34. The molecule has 0 saturated carbocycles. The molecule has 0 N–H and O–H groups in total. The van der Waals surface area contributed by atoms with Crippen molar-refractivity contribution in [2.24, 2.45) is 5.92 Å². The van der Waals surface area contributed by atoms with Gasteiger partial charge in [0.1, 0.15) is 12.2 Å². The van der Waals surface area contributed by atoms with Crippen molar-refractivity contribution in [1.82, 2.24) is 14.7 Å². The van der Waals surface area contributed by atoms with Crippen molar-refractivity contribution in [1.29, 1.82) is 0 Å². The number of alkyl halides is 2. The molecular weight excluding hydrogens is 432 g/mol. The molecule has 2 heterocycles. The van der Waals surface area contributed by atoms with Crippen molar-refractivity contribution in [3.8, 4) is 0 Å². The van der Waals surface area contributed by atoms with Gasteiger partial charge in [0, 0.05) is 44.7 Å². The molecular formula is C24H35F2N3O4. The maximum atomic E-state index is 15.0. The second-order valence-corrected chi connectivity index (χ2v) is 9.98. The number of ether oxygens (including phenoxy) is 2. The van der Waals surface area contributed by atoms with Crippen LogP contribution in [0.15, 0.2) is 30.3 Å². The minimum absolute atomic E-state index is 0.0593. The maximum Gasteiger partial charge on any atom is 0.410 e. The smallest absolute Gasteiger partial charge is 0.410 e. The fraction of sp³-hybridized carbons (Fsp3) is 0.667. The molecule has 0 bridgehead atoms. The molecule has 0 spiro atoms. The average molecular weight is 468 g/mol. The van der Waals surface area contributed by atoms with Crippen LogP contribution in [0.1, 0.15) is 39.7 Å². The Morgan fingerprint density at radius 1 is 1.06 bits per heavy atom. The molecule has 1 aromatic carbocycles. The lowest BCUT2D eigenvalue weighted by atomic mass is 9.91. The first-order chi connectivity index (χ1) is 15.4. The number of amides is 2. The molecule has 3 rings (SSSR count). The minimum Gasteiger partial charge on any atom is -0.445 e. The Bertz CT molecular complexity index is 816. The number of hydrogen-bond acceptors (Lipinski definition) is 5. The molecule has 7 nitrogen and oxygen atoms in total. The topological polar surface area (TPSA) is 62.3 Å². The van der Waals surface area contributed by atoms with Crippen LogP contribution in [0.3, 0.4) is 0 Å². The van der Waals surface area contributed by atoms with Crippen LogP contribution in [0.25, 0.3) is 0 Å². The van der Waals surface area contributed by atoms with Gasteiger partial charge in [0.15, 0.2) is 0 Å². The van der Waals surface area contributed by atoms with Gasteiger partial charge in [-0.25, -0.2) is 18.4 Å². The standard InChI is InChI=1S/C24H35F2N3O4/c1-18-14-28(22(31)33-23(2,3)4)13-12-27(18)15-20-10-11-29(17-24(20,25)26)21(30)32-16-19-8-6-5-7-9-19/h5-9,18,20H,10-17H2,1-4H3/t18-,20?/m0/s1. The zero-order valence-electron chi connectivity index (χ0n) is 19.9. The molecule has 9 heteroatoms. The summed E-state index contributed by atoms with van der Waals surface area (Å²) in [5.74, 6) is -3.86. The second-order valence-electron chi connectivity index (χ2n) is 9.98. The number of carbonyl (C=O) groups excluding carboxylic acids is 2. The van der Waals surface area contributed by atoms with Gasteiger partial charge in [-0.15, -0.1) is 0 Å². The van der Waals surface area contributed by atoms with Crippen LogP contribution in [0.2, 0.25) is 0 Å². The molecule has 0 aromatic heterocycles. The van der Waals surface area contributed by atoms with Gasteiger partial charge in [0.05, 0.1) is 6.54 Å². The van der Waals surface area contributed by atoms with Crippen molar-refractivity contribution in [3.63, 3.8) is 0 Å². The van der Waals surface area contributed by atoms with E-state index in [1.807, 2.05) is 62.9 Å². The van der Waals surface area contributed by atoms with Crippen LogP contribution < -0.4 is 0 Å². The third-order valence-corrected chi connectivity index (χ3v) is 6.08. The number of hydrogen-bond donors (Lipinski definition) is 0. The van der Waals surface area contributed by atoms with Crippen molar-refractivity contribution < 1.29 is 27.8 Å². The van der Waals surface area contributed by atoms with Crippen LogP contribution in [-0.2, 0) is 16.1 Å². The van der Waals surface area contributed by atoms with Crippen LogP contribution in [0, 0.1) is 5.92 Å². The summed E-state index contributed by atoms with van der Waals surface area (Å²) in [6.07, 6.45) is -0.884. The molecule has 0 aliphatic carbocycles. The van der Waals surface area contributed by atoms with Crippen molar-refractivity contribution >= 4 is 12.2 Å². The second kappa shape index (κ2) is 10.2. The van der Waals surface area contributed by atoms with E-state index in [0.29, 0.717) is 19.6 Å².